The summed E-state index contributed by atoms with van der Waals surface area (Å²) in [5.74, 6) is 0.833. The number of rotatable bonds is 5. The first-order valence-electron chi connectivity index (χ1n) is 7.99. The molecule has 0 aliphatic heterocycles. The number of aryl methyl sites for hydroxylation is 2. The number of hydrogen-bond donors (Lipinski definition) is 1. The van der Waals surface area contributed by atoms with Gasteiger partial charge in [-0.3, -0.25) is 0 Å². The molecule has 3 rings (SSSR count). The number of ether oxygens (including phenoxy) is 1. The molecule has 0 atom stereocenters. The molecular formula is C19H18ClN3O3. The first-order chi connectivity index (χ1) is 12.5. The monoisotopic (exact) mass is 371 g/mol. The number of halogens is 1. The molecular weight excluding hydrogens is 354 g/mol. The van der Waals surface area contributed by atoms with Gasteiger partial charge in [0.2, 0.25) is 0 Å². The summed E-state index contributed by atoms with van der Waals surface area (Å²) in [6.07, 6.45) is 1.58. The molecule has 7 heteroatoms. The summed E-state index contributed by atoms with van der Waals surface area (Å²) in [6.45, 7) is 4.35. The molecule has 0 saturated carbocycles. The van der Waals surface area contributed by atoms with E-state index in [1.807, 2.05) is 38.1 Å². The van der Waals surface area contributed by atoms with Crippen LogP contribution in [-0.2, 0) is 11.3 Å². The Bertz CT molecular complexity index is 939. The molecule has 1 aromatic carbocycles. The Morgan fingerprint density at radius 3 is 2.73 bits per heavy atom. The summed E-state index contributed by atoms with van der Waals surface area (Å²) in [4.78, 5) is 20.9. The molecule has 2 aromatic heterocycles. The second-order valence-corrected chi connectivity index (χ2v) is 6.18. The van der Waals surface area contributed by atoms with Gasteiger partial charge in [-0.25, -0.2) is 14.8 Å². The van der Waals surface area contributed by atoms with E-state index in [9.17, 15) is 4.79 Å². The molecule has 6 nitrogen and oxygen atoms in total. The number of carbonyl (C=O) groups excluding carboxylic acids is 1. The van der Waals surface area contributed by atoms with Gasteiger partial charge in [0.15, 0.2) is 11.5 Å². The van der Waals surface area contributed by atoms with Crippen LogP contribution in [0.25, 0.3) is 11.4 Å². The van der Waals surface area contributed by atoms with Crippen LogP contribution in [0.4, 0.5) is 5.82 Å². The third kappa shape index (κ3) is 3.70. The smallest absolute Gasteiger partial charge is 0.358 e. The van der Waals surface area contributed by atoms with E-state index >= 15 is 0 Å². The summed E-state index contributed by atoms with van der Waals surface area (Å²) in [5, 5.41) is 3.20. The number of benzene rings is 1. The minimum Gasteiger partial charge on any atom is -0.467 e. The molecule has 0 spiro atoms. The molecule has 3 aromatic rings. The van der Waals surface area contributed by atoms with Gasteiger partial charge in [-0.05, 0) is 31.5 Å². The van der Waals surface area contributed by atoms with Crippen molar-refractivity contribution >= 4 is 23.4 Å². The SMILES string of the molecule is COC(=O)c1nc(-c2ccc(C)cc2C)nc(NCc2ccco2)c1Cl. The van der Waals surface area contributed by atoms with Crippen molar-refractivity contribution in [3.05, 3.63) is 64.2 Å². The lowest BCUT2D eigenvalue weighted by Gasteiger charge is -2.13. The Hall–Kier alpha value is -2.86. The number of hydrogen-bond acceptors (Lipinski definition) is 6. The lowest BCUT2D eigenvalue weighted by atomic mass is 10.1. The number of methoxy groups -OCH3 is 1. The van der Waals surface area contributed by atoms with Crippen LogP contribution in [0.3, 0.4) is 0 Å². The maximum atomic E-state index is 12.1. The van der Waals surface area contributed by atoms with Crippen LogP contribution in [0, 0.1) is 13.8 Å². The fraction of sp³-hybridized carbons (Fsp3) is 0.211. The Morgan fingerprint density at radius 2 is 2.08 bits per heavy atom. The minimum absolute atomic E-state index is 0.0149. The average Bonchev–Trinajstić information content (AvgIpc) is 3.14. The second-order valence-electron chi connectivity index (χ2n) is 5.80. The van der Waals surface area contributed by atoms with Gasteiger partial charge in [-0.2, -0.15) is 0 Å². The Labute approximate surface area is 156 Å². The van der Waals surface area contributed by atoms with Crippen molar-refractivity contribution in [2.75, 3.05) is 12.4 Å². The van der Waals surface area contributed by atoms with E-state index < -0.39 is 5.97 Å². The standard InChI is InChI=1S/C19H18ClN3O3/c1-11-6-7-14(12(2)9-11)17-22-16(19(24)25-3)15(20)18(23-17)21-10-13-5-4-8-26-13/h4-9H,10H2,1-3H3,(H,21,22,23). The third-order valence-electron chi connectivity index (χ3n) is 3.86. The summed E-state index contributed by atoms with van der Waals surface area (Å²) >= 11 is 6.33. The van der Waals surface area contributed by atoms with Crippen molar-refractivity contribution in [3.63, 3.8) is 0 Å². The first kappa shape index (κ1) is 17.9. The quantitative estimate of drug-likeness (QED) is 0.669. The van der Waals surface area contributed by atoms with Gasteiger partial charge in [0, 0.05) is 5.56 Å². The van der Waals surface area contributed by atoms with Gasteiger partial charge >= 0.3 is 5.97 Å². The van der Waals surface area contributed by atoms with Crippen LogP contribution in [0.1, 0.15) is 27.4 Å². The summed E-state index contributed by atoms with van der Waals surface area (Å²) in [5.41, 5.74) is 2.96. The number of aromatic nitrogens is 2. The molecule has 1 N–H and O–H groups in total. The molecule has 2 heterocycles. The number of furan rings is 1. The normalized spacial score (nSPS) is 10.6. The zero-order valence-electron chi connectivity index (χ0n) is 14.7. The van der Waals surface area contributed by atoms with Gasteiger partial charge in [-0.15, -0.1) is 0 Å². The highest BCUT2D eigenvalue weighted by molar-refractivity contribution is 6.35. The highest BCUT2D eigenvalue weighted by Crippen LogP contribution is 2.29. The Kier molecular flexibility index (Phi) is 5.23. The average molecular weight is 372 g/mol. The van der Waals surface area contributed by atoms with E-state index in [0.29, 0.717) is 23.9 Å². The van der Waals surface area contributed by atoms with Gasteiger partial charge in [0.1, 0.15) is 16.6 Å². The van der Waals surface area contributed by atoms with E-state index in [4.69, 9.17) is 20.8 Å². The molecule has 134 valence electrons. The van der Waals surface area contributed by atoms with E-state index in [1.165, 1.54) is 7.11 Å². The molecule has 0 saturated heterocycles. The summed E-state index contributed by atoms with van der Waals surface area (Å²) < 4.78 is 10.1. The Balaban J connectivity index is 2.06. The lowest BCUT2D eigenvalue weighted by molar-refractivity contribution is 0.0594. The molecule has 0 amide bonds. The van der Waals surface area contributed by atoms with Crippen LogP contribution < -0.4 is 5.32 Å². The Morgan fingerprint density at radius 1 is 1.27 bits per heavy atom. The number of anilines is 1. The van der Waals surface area contributed by atoms with Crippen molar-refractivity contribution in [2.24, 2.45) is 0 Å². The molecule has 0 radical (unpaired) electrons. The maximum absolute atomic E-state index is 12.1. The van der Waals surface area contributed by atoms with Gasteiger partial charge in [0.05, 0.1) is 19.9 Å². The number of esters is 1. The molecule has 0 bridgehead atoms. The van der Waals surface area contributed by atoms with Crippen molar-refractivity contribution < 1.29 is 13.9 Å². The first-order valence-corrected chi connectivity index (χ1v) is 8.37. The number of nitrogens with one attached hydrogen (secondary N) is 1. The van der Waals surface area contributed by atoms with Crippen molar-refractivity contribution in [3.8, 4) is 11.4 Å². The minimum atomic E-state index is -0.621. The highest BCUT2D eigenvalue weighted by atomic mass is 35.5. The fourth-order valence-electron chi connectivity index (χ4n) is 2.57. The largest absolute Gasteiger partial charge is 0.467 e. The van der Waals surface area contributed by atoms with E-state index in [0.717, 1.165) is 16.7 Å². The number of carbonyl (C=O) groups is 1. The van der Waals surface area contributed by atoms with Gasteiger partial charge in [0.25, 0.3) is 0 Å². The van der Waals surface area contributed by atoms with E-state index in [2.05, 4.69) is 15.3 Å². The van der Waals surface area contributed by atoms with Crippen LogP contribution in [0.5, 0.6) is 0 Å². The van der Waals surface area contributed by atoms with Crippen molar-refractivity contribution in [2.45, 2.75) is 20.4 Å². The summed E-state index contributed by atoms with van der Waals surface area (Å²) in [6, 6.07) is 9.54. The maximum Gasteiger partial charge on any atom is 0.358 e. The molecule has 26 heavy (non-hydrogen) atoms. The molecule has 0 fully saturated rings. The van der Waals surface area contributed by atoms with Crippen LogP contribution in [-0.4, -0.2) is 23.0 Å². The lowest BCUT2D eigenvalue weighted by Crippen LogP contribution is -2.11. The van der Waals surface area contributed by atoms with Crippen molar-refractivity contribution in [1.82, 2.24) is 9.97 Å². The van der Waals surface area contributed by atoms with Gasteiger partial charge in [-0.1, -0.05) is 35.4 Å². The highest BCUT2D eigenvalue weighted by Gasteiger charge is 2.21. The van der Waals surface area contributed by atoms with Gasteiger partial charge < -0.3 is 14.5 Å². The van der Waals surface area contributed by atoms with Crippen LogP contribution >= 0.6 is 11.6 Å². The third-order valence-corrected chi connectivity index (χ3v) is 4.22. The predicted molar refractivity (Wildman–Crippen MR) is 99.3 cm³/mol. The number of nitrogens with zero attached hydrogens (tertiary/aromatic N) is 2. The van der Waals surface area contributed by atoms with Crippen LogP contribution in [0.2, 0.25) is 5.02 Å². The fourth-order valence-corrected chi connectivity index (χ4v) is 2.79. The van der Waals surface area contributed by atoms with Crippen molar-refractivity contribution in [1.29, 1.82) is 0 Å². The van der Waals surface area contributed by atoms with E-state index in [1.54, 1.807) is 12.3 Å². The molecule has 0 aliphatic rings. The zero-order valence-corrected chi connectivity index (χ0v) is 15.4. The zero-order chi connectivity index (χ0) is 18.7. The second kappa shape index (κ2) is 7.58. The predicted octanol–water partition coefficient (Wildman–Crippen LogP) is 4.41. The molecule has 0 unspecified atom stereocenters. The van der Waals surface area contributed by atoms with E-state index in [-0.39, 0.29) is 10.7 Å². The van der Waals surface area contributed by atoms with Crippen LogP contribution in [0.15, 0.2) is 41.0 Å². The summed E-state index contributed by atoms with van der Waals surface area (Å²) in [7, 11) is 1.29. The topological polar surface area (TPSA) is 77.2 Å². The molecule has 0 aliphatic carbocycles.